The Bertz CT molecular complexity index is 497. The maximum Gasteiger partial charge on any atom is 0.325 e. The first kappa shape index (κ1) is 16.9. The van der Waals surface area contributed by atoms with Crippen LogP contribution in [0.3, 0.4) is 0 Å². The van der Waals surface area contributed by atoms with Gasteiger partial charge < -0.3 is 20.6 Å². The van der Waals surface area contributed by atoms with E-state index in [9.17, 15) is 9.59 Å². The largest absolute Gasteiger partial charge is 0.480 e. The first-order chi connectivity index (χ1) is 9.70. The molecule has 1 aromatic rings. The molecule has 1 rings (SSSR count). The fourth-order valence-electron chi connectivity index (χ4n) is 1.32. The number of carbonyl (C=O) groups excluding carboxylic acids is 1. The van der Waals surface area contributed by atoms with Crippen molar-refractivity contribution in [2.24, 2.45) is 0 Å². The van der Waals surface area contributed by atoms with Crippen LogP contribution >= 0.6 is 0 Å². The molecule has 3 N–H and O–H groups in total. The molecule has 1 heterocycles. The van der Waals surface area contributed by atoms with E-state index in [1.54, 1.807) is 0 Å². The Kier molecular flexibility index (Phi) is 5.65. The van der Waals surface area contributed by atoms with Gasteiger partial charge in [0.1, 0.15) is 12.2 Å². The van der Waals surface area contributed by atoms with E-state index in [2.05, 4.69) is 20.9 Å². The Labute approximate surface area is 123 Å². The minimum Gasteiger partial charge on any atom is -0.480 e. The van der Waals surface area contributed by atoms with Crippen molar-refractivity contribution in [3.8, 4) is 0 Å². The second kappa shape index (κ2) is 7.02. The first-order valence-corrected chi connectivity index (χ1v) is 6.50. The van der Waals surface area contributed by atoms with Gasteiger partial charge in [0.2, 0.25) is 0 Å². The van der Waals surface area contributed by atoms with Gasteiger partial charge in [-0.1, -0.05) is 5.21 Å². The SMILES string of the molecule is CN(C)C(C)(C)CNC(=O)NCc1cn(CC(=O)O)nn1. The van der Waals surface area contributed by atoms with Crippen LogP contribution in [-0.2, 0) is 17.9 Å². The van der Waals surface area contributed by atoms with Crippen LogP contribution in [0.25, 0.3) is 0 Å². The normalized spacial score (nSPS) is 11.5. The van der Waals surface area contributed by atoms with Gasteiger partial charge in [0, 0.05) is 12.1 Å². The van der Waals surface area contributed by atoms with Crippen LogP contribution < -0.4 is 10.6 Å². The van der Waals surface area contributed by atoms with Crippen molar-refractivity contribution in [2.45, 2.75) is 32.5 Å². The van der Waals surface area contributed by atoms with Gasteiger partial charge in [-0.3, -0.25) is 4.79 Å². The molecule has 9 nitrogen and oxygen atoms in total. The highest BCUT2D eigenvalue weighted by Crippen LogP contribution is 2.07. The molecule has 0 aliphatic heterocycles. The second-order valence-corrected chi connectivity index (χ2v) is 5.54. The number of carbonyl (C=O) groups is 2. The predicted molar refractivity (Wildman–Crippen MR) is 75.7 cm³/mol. The van der Waals surface area contributed by atoms with Gasteiger partial charge in [-0.15, -0.1) is 5.10 Å². The molecule has 118 valence electrons. The molecule has 0 aliphatic carbocycles. The quantitative estimate of drug-likeness (QED) is 0.626. The number of urea groups is 1. The monoisotopic (exact) mass is 298 g/mol. The number of likely N-dealkylation sites (N-methyl/N-ethyl adjacent to an activating group) is 1. The van der Waals surface area contributed by atoms with Gasteiger partial charge in [0.25, 0.3) is 0 Å². The molecule has 0 spiro atoms. The van der Waals surface area contributed by atoms with Crippen LogP contribution in [0.15, 0.2) is 6.20 Å². The summed E-state index contributed by atoms with van der Waals surface area (Å²) in [5.41, 5.74) is 0.348. The summed E-state index contributed by atoms with van der Waals surface area (Å²) in [5.74, 6) is -0.997. The Balaban J connectivity index is 2.36. The number of aliphatic carboxylic acids is 1. The molecule has 0 unspecified atom stereocenters. The smallest absolute Gasteiger partial charge is 0.325 e. The van der Waals surface area contributed by atoms with E-state index >= 15 is 0 Å². The molecular formula is C12H22N6O3. The van der Waals surface area contributed by atoms with Crippen molar-refractivity contribution in [1.29, 1.82) is 0 Å². The summed E-state index contributed by atoms with van der Waals surface area (Å²) in [7, 11) is 3.89. The number of nitrogens with zero attached hydrogens (tertiary/aromatic N) is 4. The Hall–Kier alpha value is -2.16. The number of amides is 2. The van der Waals surface area contributed by atoms with Crippen LogP contribution in [-0.4, -0.2) is 63.2 Å². The molecule has 0 bridgehead atoms. The van der Waals surface area contributed by atoms with Gasteiger partial charge in [-0.05, 0) is 27.9 Å². The molecule has 0 fully saturated rings. The highest BCUT2D eigenvalue weighted by molar-refractivity contribution is 5.73. The number of aromatic nitrogens is 3. The van der Waals surface area contributed by atoms with Crippen LogP contribution in [0.2, 0.25) is 0 Å². The molecule has 0 aliphatic rings. The second-order valence-electron chi connectivity index (χ2n) is 5.54. The van der Waals surface area contributed by atoms with Crippen molar-refractivity contribution in [3.05, 3.63) is 11.9 Å². The standard InChI is InChI=1S/C12H22N6O3/c1-12(2,17(3)4)8-14-11(21)13-5-9-6-18(16-15-9)7-10(19)20/h6H,5,7-8H2,1-4H3,(H,19,20)(H2,13,14,21). The lowest BCUT2D eigenvalue weighted by Crippen LogP contribution is -2.50. The lowest BCUT2D eigenvalue weighted by Gasteiger charge is -2.32. The third kappa shape index (κ3) is 5.78. The zero-order valence-electron chi connectivity index (χ0n) is 12.8. The van der Waals surface area contributed by atoms with Gasteiger partial charge in [0.05, 0.1) is 12.7 Å². The van der Waals surface area contributed by atoms with Gasteiger partial charge in [-0.2, -0.15) is 0 Å². The fraction of sp³-hybridized carbons (Fsp3) is 0.667. The molecule has 9 heteroatoms. The molecule has 0 saturated carbocycles. The molecule has 0 atom stereocenters. The van der Waals surface area contributed by atoms with E-state index < -0.39 is 5.97 Å². The highest BCUT2D eigenvalue weighted by Gasteiger charge is 2.20. The topological polar surface area (TPSA) is 112 Å². The zero-order valence-corrected chi connectivity index (χ0v) is 12.8. The Morgan fingerprint density at radius 2 is 2.05 bits per heavy atom. The van der Waals surface area contributed by atoms with Gasteiger partial charge in [0.15, 0.2) is 0 Å². The van der Waals surface area contributed by atoms with E-state index in [1.165, 1.54) is 10.9 Å². The fourth-order valence-corrected chi connectivity index (χ4v) is 1.32. The minimum absolute atomic E-state index is 0.151. The average molecular weight is 298 g/mol. The van der Waals surface area contributed by atoms with Gasteiger partial charge in [-0.25, -0.2) is 9.48 Å². The number of carboxylic acids is 1. The summed E-state index contributed by atoms with van der Waals surface area (Å²) in [4.78, 5) is 24.2. The predicted octanol–water partition coefficient (Wildman–Crippen LogP) is -0.498. The minimum atomic E-state index is -0.997. The number of carboxylic acid groups (broad SMARTS) is 1. The van der Waals surface area contributed by atoms with E-state index in [0.29, 0.717) is 12.2 Å². The third-order valence-corrected chi connectivity index (χ3v) is 3.21. The summed E-state index contributed by atoms with van der Waals surface area (Å²) in [5, 5.41) is 21.5. The van der Waals surface area contributed by atoms with Crippen molar-refractivity contribution in [3.63, 3.8) is 0 Å². The third-order valence-electron chi connectivity index (χ3n) is 3.21. The van der Waals surface area contributed by atoms with Gasteiger partial charge >= 0.3 is 12.0 Å². The first-order valence-electron chi connectivity index (χ1n) is 6.50. The van der Waals surface area contributed by atoms with E-state index in [0.717, 1.165) is 0 Å². The van der Waals surface area contributed by atoms with Crippen molar-refractivity contribution >= 4 is 12.0 Å². The number of nitrogens with one attached hydrogen (secondary N) is 2. The summed E-state index contributed by atoms with van der Waals surface area (Å²) in [6.07, 6.45) is 1.48. The van der Waals surface area contributed by atoms with E-state index in [-0.39, 0.29) is 24.7 Å². The number of rotatable bonds is 7. The Morgan fingerprint density at radius 1 is 1.38 bits per heavy atom. The van der Waals surface area contributed by atoms with Crippen molar-refractivity contribution < 1.29 is 14.7 Å². The molecule has 21 heavy (non-hydrogen) atoms. The summed E-state index contributed by atoms with van der Waals surface area (Å²) in [6, 6.07) is -0.308. The lowest BCUT2D eigenvalue weighted by molar-refractivity contribution is -0.137. The van der Waals surface area contributed by atoms with E-state index in [4.69, 9.17) is 5.11 Å². The van der Waals surface area contributed by atoms with Crippen LogP contribution in [0.5, 0.6) is 0 Å². The zero-order chi connectivity index (χ0) is 16.0. The molecule has 0 radical (unpaired) electrons. The molecule has 0 saturated heterocycles. The molecule has 1 aromatic heterocycles. The molecule has 0 aromatic carbocycles. The van der Waals surface area contributed by atoms with Crippen LogP contribution in [0.4, 0.5) is 4.79 Å². The van der Waals surface area contributed by atoms with Crippen LogP contribution in [0.1, 0.15) is 19.5 Å². The highest BCUT2D eigenvalue weighted by atomic mass is 16.4. The maximum absolute atomic E-state index is 11.7. The average Bonchev–Trinajstić information content (AvgIpc) is 2.80. The molecule has 2 amide bonds. The number of hydrogen-bond acceptors (Lipinski definition) is 5. The lowest BCUT2D eigenvalue weighted by atomic mass is 10.1. The van der Waals surface area contributed by atoms with Crippen molar-refractivity contribution in [2.75, 3.05) is 20.6 Å². The summed E-state index contributed by atoms with van der Waals surface area (Å²) in [6.45, 7) is 4.47. The summed E-state index contributed by atoms with van der Waals surface area (Å²) >= 11 is 0. The Morgan fingerprint density at radius 3 is 2.62 bits per heavy atom. The van der Waals surface area contributed by atoms with Crippen molar-refractivity contribution in [1.82, 2.24) is 30.5 Å². The van der Waals surface area contributed by atoms with Crippen LogP contribution in [0, 0.1) is 0 Å². The molecular weight excluding hydrogens is 276 g/mol. The van der Waals surface area contributed by atoms with E-state index in [1.807, 2.05) is 32.8 Å². The maximum atomic E-state index is 11.7. The summed E-state index contributed by atoms with van der Waals surface area (Å²) < 4.78 is 1.20. The number of hydrogen-bond donors (Lipinski definition) is 3.